The van der Waals surface area contributed by atoms with E-state index < -0.39 is 0 Å². The zero-order chi connectivity index (χ0) is 17.4. The second-order valence-electron chi connectivity index (χ2n) is 6.63. The zero-order valence-corrected chi connectivity index (χ0v) is 15.8. The first-order chi connectivity index (χ1) is 11.6. The van der Waals surface area contributed by atoms with E-state index in [1.807, 2.05) is 12.1 Å². The number of carbonyl (C=O) groups excluding carboxylic acids is 1. The Morgan fingerprint density at radius 2 is 2.08 bits per heavy atom. The van der Waals surface area contributed by atoms with Gasteiger partial charge in [-0.05, 0) is 48.8 Å². The number of benzene rings is 1. The van der Waals surface area contributed by atoms with Gasteiger partial charge in [0.05, 0.1) is 0 Å². The Kier molecular flexibility index (Phi) is 7.70. The van der Waals surface area contributed by atoms with E-state index in [9.17, 15) is 4.79 Å². The highest BCUT2D eigenvalue weighted by Crippen LogP contribution is 2.32. The molecule has 1 fully saturated rings. The first-order valence-corrected chi connectivity index (χ1v) is 9.94. The number of hydrogen-bond donors (Lipinski definition) is 2. The van der Waals surface area contributed by atoms with E-state index in [4.69, 9.17) is 5.73 Å². The molecule has 0 aliphatic heterocycles. The van der Waals surface area contributed by atoms with Crippen LogP contribution in [0.1, 0.15) is 69.2 Å². The highest BCUT2D eigenvalue weighted by Gasteiger charge is 2.14. The molecule has 1 aromatic rings. The summed E-state index contributed by atoms with van der Waals surface area (Å²) < 4.78 is 0. The summed E-state index contributed by atoms with van der Waals surface area (Å²) in [6, 6.07) is 5.61. The maximum atomic E-state index is 12.3. The van der Waals surface area contributed by atoms with Crippen LogP contribution in [0, 0.1) is 5.92 Å². The summed E-state index contributed by atoms with van der Waals surface area (Å²) in [5.41, 5.74) is 7.44. The zero-order valence-electron chi connectivity index (χ0n) is 14.9. The van der Waals surface area contributed by atoms with E-state index in [0.29, 0.717) is 11.3 Å². The van der Waals surface area contributed by atoms with Gasteiger partial charge in [-0.1, -0.05) is 56.9 Å². The predicted octanol–water partition coefficient (Wildman–Crippen LogP) is 5.37. The maximum absolute atomic E-state index is 12.3. The molecule has 0 unspecified atom stereocenters. The van der Waals surface area contributed by atoms with E-state index in [1.54, 1.807) is 17.8 Å². The lowest BCUT2D eigenvalue weighted by molar-refractivity contribution is 0.0950. The van der Waals surface area contributed by atoms with Crippen LogP contribution in [0.15, 0.2) is 34.1 Å². The summed E-state index contributed by atoms with van der Waals surface area (Å²) in [4.78, 5) is 14.5. The van der Waals surface area contributed by atoms with E-state index >= 15 is 0 Å². The number of nitrogens with one attached hydrogen (secondary N) is 1. The van der Waals surface area contributed by atoms with Crippen molar-refractivity contribution in [3.8, 4) is 0 Å². The van der Waals surface area contributed by atoms with Crippen molar-refractivity contribution in [3.63, 3.8) is 0 Å². The van der Waals surface area contributed by atoms with Crippen LogP contribution in [0.2, 0.25) is 0 Å². The second-order valence-corrected chi connectivity index (χ2v) is 7.91. The van der Waals surface area contributed by atoms with Crippen molar-refractivity contribution in [2.24, 2.45) is 5.92 Å². The Balaban J connectivity index is 1.85. The van der Waals surface area contributed by atoms with E-state index in [0.717, 1.165) is 30.2 Å². The van der Waals surface area contributed by atoms with Gasteiger partial charge in [0.1, 0.15) is 0 Å². The number of rotatable bonds is 7. The Labute approximate surface area is 150 Å². The summed E-state index contributed by atoms with van der Waals surface area (Å²) in [7, 11) is 0. The number of carbonyl (C=O) groups is 1. The van der Waals surface area contributed by atoms with Crippen molar-refractivity contribution in [1.29, 1.82) is 0 Å². The van der Waals surface area contributed by atoms with Crippen molar-refractivity contribution < 1.29 is 4.79 Å². The third-order valence-corrected chi connectivity index (χ3v) is 5.68. The SMILES string of the molecule is CC/C=C(\C)Sc1ccc(C(=O)NCCC2CCCCC2)cc1N. The minimum absolute atomic E-state index is 0.0186. The highest BCUT2D eigenvalue weighted by atomic mass is 32.2. The van der Waals surface area contributed by atoms with Crippen LogP contribution in [0.5, 0.6) is 0 Å². The average molecular weight is 347 g/mol. The number of allylic oxidation sites excluding steroid dienone is 2. The van der Waals surface area contributed by atoms with E-state index in [2.05, 4.69) is 25.2 Å². The summed E-state index contributed by atoms with van der Waals surface area (Å²) in [5, 5.41) is 3.04. The molecule has 1 saturated carbocycles. The molecule has 132 valence electrons. The van der Waals surface area contributed by atoms with E-state index in [1.165, 1.54) is 37.0 Å². The van der Waals surface area contributed by atoms with Crippen LogP contribution in [-0.4, -0.2) is 12.5 Å². The number of hydrogen-bond acceptors (Lipinski definition) is 3. The number of thioether (sulfide) groups is 1. The van der Waals surface area contributed by atoms with Gasteiger partial charge in [-0.15, -0.1) is 0 Å². The van der Waals surface area contributed by atoms with Crippen molar-refractivity contribution in [2.75, 3.05) is 12.3 Å². The molecular weight excluding hydrogens is 316 g/mol. The van der Waals surface area contributed by atoms with Gasteiger partial charge in [-0.3, -0.25) is 4.79 Å². The normalized spacial score (nSPS) is 16.2. The van der Waals surface area contributed by atoms with Crippen LogP contribution < -0.4 is 11.1 Å². The summed E-state index contributed by atoms with van der Waals surface area (Å²) >= 11 is 1.66. The van der Waals surface area contributed by atoms with Crippen LogP contribution in [0.25, 0.3) is 0 Å². The molecule has 1 amide bonds. The first kappa shape index (κ1) is 18.9. The van der Waals surface area contributed by atoms with E-state index in [-0.39, 0.29) is 5.91 Å². The Hall–Kier alpha value is -1.42. The molecule has 2 rings (SSSR count). The monoisotopic (exact) mass is 346 g/mol. The largest absolute Gasteiger partial charge is 0.398 e. The van der Waals surface area contributed by atoms with Crippen LogP contribution in [0.4, 0.5) is 5.69 Å². The van der Waals surface area contributed by atoms with Crippen LogP contribution in [0.3, 0.4) is 0 Å². The average Bonchev–Trinajstić information content (AvgIpc) is 2.58. The lowest BCUT2D eigenvalue weighted by Gasteiger charge is -2.21. The number of nitrogens with two attached hydrogens (primary N) is 1. The molecular formula is C20H30N2OS. The van der Waals surface area contributed by atoms with Gasteiger partial charge in [-0.25, -0.2) is 0 Å². The molecule has 1 aromatic carbocycles. The quantitative estimate of drug-likeness (QED) is 0.515. The summed E-state index contributed by atoms with van der Waals surface area (Å²) in [6.07, 6.45) is 11.0. The second kappa shape index (κ2) is 9.77. The molecule has 0 heterocycles. The maximum Gasteiger partial charge on any atom is 0.251 e. The molecule has 0 atom stereocenters. The van der Waals surface area contributed by atoms with Crippen molar-refractivity contribution in [3.05, 3.63) is 34.7 Å². The molecule has 0 spiro atoms. The summed E-state index contributed by atoms with van der Waals surface area (Å²) in [6.45, 7) is 4.96. The lowest BCUT2D eigenvalue weighted by atomic mass is 9.87. The highest BCUT2D eigenvalue weighted by molar-refractivity contribution is 8.03. The molecule has 0 aromatic heterocycles. The molecule has 3 N–H and O–H groups in total. The van der Waals surface area contributed by atoms with Gasteiger partial charge >= 0.3 is 0 Å². The van der Waals surface area contributed by atoms with Gasteiger partial charge in [0, 0.05) is 22.7 Å². The van der Waals surface area contributed by atoms with Gasteiger partial charge in [-0.2, -0.15) is 0 Å². The standard InChI is InChI=1S/C20H30N2OS/c1-3-7-15(2)24-19-11-10-17(14-18(19)21)20(23)22-13-12-16-8-5-4-6-9-16/h7,10-11,14,16H,3-6,8-9,12-13,21H2,1-2H3,(H,22,23)/b15-7+. The predicted molar refractivity (Wildman–Crippen MR) is 104 cm³/mol. The van der Waals surface area contributed by atoms with Gasteiger partial charge in [0.15, 0.2) is 0 Å². The number of amides is 1. The molecule has 1 aliphatic carbocycles. The smallest absolute Gasteiger partial charge is 0.251 e. The fraction of sp³-hybridized carbons (Fsp3) is 0.550. The molecule has 1 aliphatic rings. The number of nitrogen functional groups attached to an aromatic ring is 1. The van der Waals surface area contributed by atoms with Crippen molar-refractivity contribution in [2.45, 2.75) is 63.7 Å². The molecule has 0 bridgehead atoms. The number of anilines is 1. The topological polar surface area (TPSA) is 55.1 Å². The minimum Gasteiger partial charge on any atom is -0.398 e. The first-order valence-electron chi connectivity index (χ1n) is 9.12. The molecule has 0 radical (unpaired) electrons. The third kappa shape index (κ3) is 5.90. The van der Waals surface area contributed by atoms with Crippen molar-refractivity contribution >= 4 is 23.4 Å². The van der Waals surface area contributed by atoms with Crippen LogP contribution >= 0.6 is 11.8 Å². The summed E-state index contributed by atoms with van der Waals surface area (Å²) in [5.74, 6) is 0.770. The Bertz CT molecular complexity index is 577. The fourth-order valence-electron chi connectivity index (χ4n) is 3.25. The molecule has 4 heteroatoms. The van der Waals surface area contributed by atoms with Crippen molar-refractivity contribution in [1.82, 2.24) is 5.32 Å². The van der Waals surface area contributed by atoms with Crippen LogP contribution in [-0.2, 0) is 0 Å². The van der Waals surface area contributed by atoms with Gasteiger partial charge in [0.2, 0.25) is 0 Å². The van der Waals surface area contributed by atoms with Gasteiger partial charge < -0.3 is 11.1 Å². The molecule has 0 saturated heterocycles. The Morgan fingerprint density at radius 1 is 1.33 bits per heavy atom. The minimum atomic E-state index is -0.0186. The fourth-order valence-corrected chi connectivity index (χ4v) is 4.16. The Morgan fingerprint density at radius 3 is 2.75 bits per heavy atom. The third-order valence-electron chi connectivity index (χ3n) is 4.60. The lowest BCUT2D eigenvalue weighted by Crippen LogP contribution is -2.26. The molecule has 24 heavy (non-hydrogen) atoms. The van der Waals surface area contributed by atoms with Gasteiger partial charge in [0.25, 0.3) is 5.91 Å². The molecule has 3 nitrogen and oxygen atoms in total.